The normalized spacial score (nSPS) is 21.1. The maximum Gasteiger partial charge on any atom is 0.310 e. The molecule has 1 saturated heterocycles. The SMILES string of the molecule is CCOC(=O)[C@H]1CCCN(CC(=O)N2N=C(c3cccc(F)c3)C[C@H]2c2ccc(C)cc2)C1. The molecule has 0 bridgehead atoms. The van der Waals surface area contributed by atoms with Gasteiger partial charge in [0, 0.05) is 18.5 Å². The molecule has 0 unspecified atom stereocenters. The Kier molecular flexibility index (Phi) is 7.18. The molecule has 33 heavy (non-hydrogen) atoms. The Morgan fingerprint density at radius 1 is 1.18 bits per heavy atom. The molecule has 2 aromatic rings. The number of hydrogen-bond acceptors (Lipinski definition) is 5. The number of esters is 1. The Bertz CT molecular complexity index is 1040. The third-order valence-corrected chi connectivity index (χ3v) is 6.27. The molecule has 0 aliphatic carbocycles. The first kappa shape index (κ1) is 23.1. The monoisotopic (exact) mass is 451 g/mol. The van der Waals surface area contributed by atoms with Crippen LogP contribution in [0.15, 0.2) is 53.6 Å². The van der Waals surface area contributed by atoms with Crippen LogP contribution in [-0.2, 0) is 14.3 Å². The average Bonchev–Trinajstić information content (AvgIpc) is 3.26. The van der Waals surface area contributed by atoms with E-state index < -0.39 is 0 Å². The molecule has 1 amide bonds. The number of ether oxygens (including phenoxy) is 1. The van der Waals surface area contributed by atoms with Crippen molar-refractivity contribution in [3.05, 3.63) is 71.0 Å². The van der Waals surface area contributed by atoms with Gasteiger partial charge in [-0.3, -0.25) is 14.5 Å². The van der Waals surface area contributed by atoms with Crippen molar-refractivity contribution >= 4 is 17.6 Å². The third kappa shape index (κ3) is 5.47. The predicted molar refractivity (Wildman–Crippen MR) is 124 cm³/mol. The lowest BCUT2D eigenvalue weighted by Crippen LogP contribution is -2.44. The summed E-state index contributed by atoms with van der Waals surface area (Å²) in [4.78, 5) is 27.6. The Hall–Kier alpha value is -3.06. The van der Waals surface area contributed by atoms with E-state index in [1.54, 1.807) is 18.0 Å². The summed E-state index contributed by atoms with van der Waals surface area (Å²) in [6.07, 6.45) is 2.14. The van der Waals surface area contributed by atoms with Gasteiger partial charge in [-0.05, 0) is 50.9 Å². The highest BCUT2D eigenvalue weighted by molar-refractivity contribution is 6.03. The minimum atomic E-state index is -0.329. The van der Waals surface area contributed by atoms with E-state index in [-0.39, 0.29) is 36.2 Å². The number of benzene rings is 2. The number of amides is 1. The minimum Gasteiger partial charge on any atom is -0.466 e. The van der Waals surface area contributed by atoms with Crippen LogP contribution >= 0.6 is 0 Å². The first-order chi connectivity index (χ1) is 15.9. The molecule has 4 rings (SSSR count). The summed E-state index contributed by atoms with van der Waals surface area (Å²) in [6, 6.07) is 14.1. The molecule has 2 aliphatic heterocycles. The van der Waals surface area contributed by atoms with Crippen LogP contribution < -0.4 is 0 Å². The lowest BCUT2D eigenvalue weighted by atomic mass is 9.97. The van der Waals surface area contributed by atoms with Crippen molar-refractivity contribution in [3.63, 3.8) is 0 Å². The number of carbonyl (C=O) groups excluding carboxylic acids is 2. The molecule has 1 fully saturated rings. The first-order valence-electron chi connectivity index (χ1n) is 11.6. The summed E-state index contributed by atoms with van der Waals surface area (Å²) in [5.74, 6) is -0.856. The van der Waals surface area contributed by atoms with Crippen LogP contribution in [-0.4, -0.2) is 53.7 Å². The third-order valence-electron chi connectivity index (χ3n) is 6.27. The van der Waals surface area contributed by atoms with Gasteiger partial charge in [0.25, 0.3) is 5.91 Å². The highest BCUT2D eigenvalue weighted by atomic mass is 19.1. The molecule has 2 heterocycles. The molecule has 0 N–H and O–H groups in total. The van der Waals surface area contributed by atoms with E-state index in [1.165, 1.54) is 12.1 Å². The van der Waals surface area contributed by atoms with Crippen molar-refractivity contribution in [2.75, 3.05) is 26.2 Å². The molecule has 174 valence electrons. The van der Waals surface area contributed by atoms with Crippen LogP contribution in [0.4, 0.5) is 4.39 Å². The molecular weight excluding hydrogens is 421 g/mol. The minimum absolute atomic E-state index is 0.128. The molecule has 2 atom stereocenters. The van der Waals surface area contributed by atoms with E-state index in [4.69, 9.17) is 4.74 Å². The van der Waals surface area contributed by atoms with E-state index in [9.17, 15) is 14.0 Å². The Morgan fingerprint density at radius 2 is 1.97 bits per heavy atom. The van der Waals surface area contributed by atoms with Crippen molar-refractivity contribution in [2.45, 2.75) is 39.2 Å². The molecular formula is C26H30FN3O3. The largest absolute Gasteiger partial charge is 0.466 e. The van der Waals surface area contributed by atoms with Crippen LogP contribution in [0.25, 0.3) is 0 Å². The number of hydrogen-bond donors (Lipinski definition) is 0. The molecule has 7 heteroatoms. The van der Waals surface area contributed by atoms with Crippen molar-refractivity contribution in [1.29, 1.82) is 0 Å². The number of aryl methyl sites for hydroxylation is 1. The zero-order chi connectivity index (χ0) is 23.4. The van der Waals surface area contributed by atoms with Crippen LogP contribution in [0.5, 0.6) is 0 Å². The summed E-state index contributed by atoms with van der Waals surface area (Å²) in [5, 5.41) is 6.18. The molecule has 0 saturated carbocycles. The van der Waals surface area contributed by atoms with E-state index in [0.29, 0.717) is 30.8 Å². The fourth-order valence-electron chi connectivity index (χ4n) is 4.55. The van der Waals surface area contributed by atoms with Crippen molar-refractivity contribution in [3.8, 4) is 0 Å². The van der Waals surface area contributed by atoms with Gasteiger partial charge in [-0.1, -0.05) is 42.0 Å². The zero-order valence-corrected chi connectivity index (χ0v) is 19.2. The quantitative estimate of drug-likeness (QED) is 0.621. The average molecular weight is 452 g/mol. The Balaban J connectivity index is 1.54. The van der Waals surface area contributed by atoms with Crippen molar-refractivity contribution in [2.24, 2.45) is 11.0 Å². The zero-order valence-electron chi connectivity index (χ0n) is 19.2. The predicted octanol–water partition coefficient (Wildman–Crippen LogP) is 4.09. The van der Waals surface area contributed by atoms with Gasteiger partial charge in [-0.2, -0.15) is 5.10 Å². The molecule has 0 radical (unpaired) electrons. The summed E-state index contributed by atoms with van der Waals surface area (Å²) in [5.41, 5.74) is 3.51. The van der Waals surface area contributed by atoms with Crippen LogP contribution in [0.1, 0.15) is 48.9 Å². The topological polar surface area (TPSA) is 62.2 Å². The highest BCUT2D eigenvalue weighted by Gasteiger charge is 2.35. The van der Waals surface area contributed by atoms with E-state index >= 15 is 0 Å². The van der Waals surface area contributed by atoms with E-state index in [2.05, 4.69) is 5.10 Å². The van der Waals surface area contributed by atoms with Gasteiger partial charge < -0.3 is 4.74 Å². The van der Waals surface area contributed by atoms with Crippen LogP contribution in [0.2, 0.25) is 0 Å². The van der Waals surface area contributed by atoms with Gasteiger partial charge in [0.2, 0.25) is 0 Å². The second-order valence-corrected chi connectivity index (χ2v) is 8.75. The van der Waals surface area contributed by atoms with Crippen LogP contribution in [0.3, 0.4) is 0 Å². The standard InChI is InChI=1S/C26H30FN3O3/c1-3-33-26(32)21-7-5-13-29(16-21)17-25(31)30-24(19-11-9-18(2)10-12-19)15-23(28-30)20-6-4-8-22(27)14-20/h4,6,8-12,14,21,24H,3,5,7,13,15-17H2,1-2H3/t21-,24-/m0/s1. The Labute approximate surface area is 194 Å². The number of nitrogens with zero attached hydrogens (tertiary/aromatic N) is 3. The smallest absolute Gasteiger partial charge is 0.310 e. The first-order valence-corrected chi connectivity index (χ1v) is 11.6. The lowest BCUT2D eigenvalue weighted by molar-refractivity contribution is -0.150. The number of rotatable bonds is 6. The number of piperidine rings is 1. The summed E-state index contributed by atoms with van der Waals surface area (Å²) in [7, 11) is 0. The van der Waals surface area contributed by atoms with E-state index in [0.717, 1.165) is 30.5 Å². The van der Waals surface area contributed by atoms with Crippen molar-refractivity contribution < 1.29 is 18.7 Å². The molecule has 2 aliphatic rings. The van der Waals surface area contributed by atoms with Crippen LogP contribution in [0, 0.1) is 18.7 Å². The second-order valence-electron chi connectivity index (χ2n) is 8.75. The van der Waals surface area contributed by atoms with Gasteiger partial charge in [-0.25, -0.2) is 9.40 Å². The maximum absolute atomic E-state index is 13.8. The fourth-order valence-corrected chi connectivity index (χ4v) is 4.55. The molecule has 2 aromatic carbocycles. The highest BCUT2D eigenvalue weighted by Crippen LogP contribution is 2.33. The van der Waals surface area contributed by atoms with Crippen molar-refractivity contribution in [1.82, 2.24) is 9.91 Å². The summed E-state index contributed by atoms with van der Waals surface area (Å²) < 4.78 is 19.0. The number of carbonyl (C=O) groups is 2. The Morgan fingerprint density at radius 3 is 2.70 bits per heavy atom. The number of likely N-dealkylation sites (tertiary alicyclic amines) is 1. The van der Waals surface area contributed by atoms with Gasteiger partial charge >= 0.3 is 5.97 Å². The molecule has 6 nitrogen and oxygen atoms in total. The van der Waals surface area contributed by atoms with Gasteiger partial charge in [0.05, 0.1) is 30.8 Å². The number of halogens is 1. The van der Waals surface area contributed by atoms with Gasteiger partial charge in [0.15, 0.2) is 0 Å². The molecule has 0 spiro atoms. The van der Waals surface area contributed by atoms with E-state index in [1.807, 2.05) is 42.2 Å². The maximum atomic E-state index is 13.8. The lowest BCUT2D eigenvalue weighted by Gasteiger charge is -2.32. The molecule has 0 aromatic heterocycles. The number of hydrazone groups is 1. The van der Waals surface area contributed by atoms with Gasteiger partial charge in [-0.15, -0.1) is 0 Å². The summed E-state index contributed by atoms with van der Waals surface area (Å²) in [6.45, 7) is 5.62. The second kappa shape index (κ2) is 10.3. The van der Waals surface area contributed by atoms with Gasteiger partial charge in [0.1, 0.15) is 5.82 Å². The summed E-state index contributed by atoms with van der Waals surface area (Å²) >= 11 is 0. The fraction of sp³-hybridized carbons (Fsp3) is 0.423.